The first kappa shape index (κ1) is 13.5. The van der Waals surface area contributed by atoms with E-state index in [9.17, 15) is 4.79 Å². The molecule has 1 aromatic rings. The molecule has 90 valence electrons. The van der Waals surface area contributed by atoms with E-state index in [4.69, 9.17) is 16.7 Å². The number of nitrogens with zero attached hydrogens (tertiary/aromatic N) is 1. The van der Waals surface area contributed by atoms with Gasteiger partial charge in [-0.15, -0.1) is 0 Å². The Bertz CT molecular complexity index is 365. The third-order valence-electron chi connectivity index (χ3n) is 2.39. The van der Waals surface area contributed by atoms with Crippen molar-refractivity contribution in [1.29, 1.82) is 0 Å². The first-order chi connectivity index (χ1) is 7.56. The van der Waals surface area contributed by atoms with E-state index in [1.54, 1.807) is 10.8 Å². The van der Waals surface area contributed by atoms with Gasteiger partial charge in [0.05, 0.1) is 5.02 Å². The molecular formula is C11H16ClNO2S. The fourth-order valence-corrected chi connectivity index (χ4v) is 2.52. The Morgan fingerprint density at radius 2 is 2.38 bits per heavy atom. The van der Waals surface area contributed by atoms with Crippen molar-refractivity contribution in [3.05, 3.63) is 23.0 Å². The number of hydrogen-bond donors (Lipinski definition) is 1. The van der Waals surface area contributed by atoms with E-state index in [1.807, 2.05) is 18.7 Å². The average molecular weight is 262 g/mol. The van der Waals surface area contributed by atoms with Crippen LogP contribution in [-0.4, -0.2) is 27.1 Å². The van der Waals surface area contributed by atoms with E-state index in [0.29, 0.717) is 5.02 Å². The molecule has 0 saturated heterocycles. The van der Waals surface area contributed by atoms with Gasteiger partial charge in [0, 0.05) is 12.2 Å². The van der Waals surface area contributed by atoms with Gasteiger partial charge in [-0.2, -0.15) is 11.8 Å². The van der Waals surface area contributed by atoms with Crippen LogP contribution in [0.15, 0.2) is 12.3 Å². The normalized spacial score (nSPS) is 12.7. The molecule has 1 heterocycles. The predicted molar refractivity (Wildman–Crippen MR) is 68.7 cm³/mol. The van der Waals surface area contributed by atoms with Crippen molar-refractivity contribution in [1.82, 2.24) is 4.57 Å². The summed E-state index contributed by atoms with van der Waals surface area (Å²) in [6, 6.07) is 1.66. The lowest BCUT2D eigenvalue weighted by Gasteiger charge is -2.15. The van der Waals surface area contributed by atoms with Gasteiger partial charge in [-0.25, -0.2) is 4.79 Å². The standard InChI is InChI=1S/C11H16ClNO2S/c1-3-16-5-4-8(2)13-7-9(12)6-10(13)11(14)15/h6-8H,3-5H2,1-2H3,(H,14,15). The molecule has 0 radical (unpaired) electrons. The second-order valence-corrected chi connectivity index (χ2v) is 5.42. The Morgan fingerprint density at radius 3 is 2.94 bits per heavy atom. The summed E-state index contributed by atoms with van der Waals surface area (Å²) >= 11 is 7.68. The minimum Gasteiger partial charge on any atom is -0.477 e. The Morgan fingerprint density at radius 1 is 1.69 bits per heavy atom. The molecule has 1 unspecified atom stereocenters. The summed E-state index contributed by atoms with van der Waals surface area (Å²) in [5.74, 6) is 1.19. The number of aromatic nitrogens is 1. The highest BCUT2D eigenvalue weighted by Gasteiger charge is 2.15. The zero-order valence-electron chi connectivity index (χ0n) is 9.44. The molecule has 0 aliphatic rings. The molecule has 1 atom stereocenters. The summed E-state index contributed by atoms with van der Waals surface area (Å²) in [7, 11) is 0. The van der Waals surface area contributed by atoms with Crippen LogP contribution >= 0.6 is 23.4 Å². The van der Waals surface area contributed by atoms with E-state index < -0.39 is 5.97 Å². The fraction of sp³-hybridized carbons (Fsp3) is 0.545. The summed E-state index contributed by atoms with van der Waals surface area (Å²) in [6.07, 6.45) is 2.64. The molecule has 1 rings (SSSR count). The summed E-state index contributed by atoms with van der Waals surface area (Å²) in [6.45, 7) is 4.13. The number of halogens is 1. The highest BCUT2D eigenvalue weighted by molar-refractivity contribution is 7.99. The van der Waals surface area contributed by atoms with Gasteiger partial charge >= 0.3 is 5.97 Å². The molecule has 0 fully saturated rings. The third-order valence-corrected chi connectivity index (χ3v) is 3.53. The maximum atomic E-state index is 11.0. The molecule has 3 nitrogen and oxygen atoms in total. The summed E-state index contributed by atoms with van der Waals surface area (Å²) in [5.41, 5.74) is 0.263. The molecule has 0 bridgehead atoms. The number of aromatic carboxylic acids is 1. The van der Waals surface area contributed by atoms with Gasteiger partial charge in [0.1, 0.15) is 5.69 Å². The van der Waals surface area contributed by atoms with Gasteiger partial charge < -0.3 is 9.67 Å². The van der Waals surface area contributed by atoms with Crippen LogP contribution in [0.25, 0.3) is 0 Å². The van der Waals surface area contributed by atoms with Gasteiger partial charge in [-0.05, 0) is 30.9 Å². The van der Waals surface area contributed by atoms with Gasteiger partial charge in [-0.1, -0.05) is 18.5 Å². The molecule has 0 aliphatic heterocycles. The fourth-order valence-electron chi connectivity index (χ4n) is 1.52. The summed E-state index contributed by atoms with van der Waals surface area (Å²) in [4.78, 5) is 11.0. The zero-order valence-corrected chi connectivity index (χ0v) is 11.0. The summed E-state index contributed by atoms with van der Waals surface area (Å²) < 4.78 is 1.74. The SMILES string of the molecule is CCSCCC(C)n1cc(Cl)cc1C(=O)O. The summed E-state index contributed by atoms with van der Waals surface area (Å²) in [5, 5.41) is 9.49. The van der Waals surface area contributed by atoms with Gasteiger partial charge in [0.25, 0.3) is 0 Å². The molecule has 0 amide bonds. The number of hydrogen-bond acceptors (Lipinski definition) is 2. The van der Waals surface area contributed by atoms with Gasteiger partial charge in [0.15, 0.2) is 0 Å². The van der Waals surface area contributed by atoms with Gasteiger partial charge in [-0.3, -0.25) is 0 Å². The van der Waals surface area contributed by atoms with Crippen LogP contribution < -0.4 is 0 Å². The Kier molecular flexibility index (Phi) is 5.22. The minimum absolute atomic E-state index is 0.164. The number of carboxylic acids is 1. The number of carboxylic acid groups (broad SMARTS) is 1. The van der Waals surface area contributed by atoms with Crippen LogP contribution in [-0.2, 0) is 0 Å². The predicted octanol–water partition coefficient (Wildman–Crippen LogP) is 3.54. The first-order valence-corrected chi connectivity index (χ1v) is 6.78. The van der Waals surface area contributed by atoms with Crippen molar-refractivity contribution in [3.63, 3.8) is 0 Å². The van der Waals surface area contributed by atoms with Crippen molar-refractivity contribution in [3.8, 4) is 0 Å². The topological polar surface area (TPSA) is 42.2 Å². The Balaban J connectivity index is 2.73. The van der Waals surface area contributed by atoms with Crippen molar-refractivity contribution >= 4 is 29.3 Å². The molecule has 0 aromatic carbocycles. The van der Waals surface area contributed by atoms with E-state index >= 15 is 0 Å². The molecule has 5 heteroatoms. The maximum Gasteiger partial charge on any atom is 0.352 e. The molecule has 0 spiro atoms. The minimum atomic E-state index is -0.929. The number of rotatable bonds is 6. The Labute approximate surface area is 105 Å². The van der Waals surface area contributed by atoms with E-state index in [0.717, 1.165) is 17.9 Å². The quantitative estimate of drug-likeness (QED) is 0.797. The van der Waals surface area contributed by atoms with Gasteiger partial charge in [0.2, 0.25) is 0 Å². The lowest BCUT2D eigenvalue weighted by atomic mass is 10.2. The maximum absolute atomic E-state index is 11.0. The van der Waals surface area contributed by atoms with Crippen molar-refractivity contribution in [2.45, 2.75) is 26.3 Å². The van der Waals surface area contributed by atoms with Crippen LogP contribution in [0.1, 0.15) is 36.8 Å². The number of thioether (sulfide) groups is 1. The highest BCUT2D eigenvalue weighted by atomic mass is 35.5. The second-order valence-electron chi connectivity index (χ2n) is 3.59. The first-order valence-electron chi connectivity index (χ1n) is 5.24. The van der Waals surface area contributed by atoms with Crippen LogP contribution in [0.3, 0.4) is 0 Å². The molecule has 1 N–H and O–H groups in total. The van der Waals surface area contributed by atoms with Crippen molar-refractivity contribution in [2.75, 3.05) is 11.5 Å². The monoisotopic (exact) mass is 261 g/mol. The Hall–Kier alpha value is -0.610. The number of carbonyl (C=O) groups is 1. The van der Waals surface area contributed by atoms with E-state index in [2.05, 4.69) is 6.92 Å². The zero-order chi connectivity index (χ0) is 12.1. The van der Waals surface area contributed by atoms with Crippen LogP contribution in [0.4, 0.5) is 0 Å². The second kappa shape index (κ2) is 6.21. The highest BCUT2D eigenvalue weighted by Crippen LogP contribution is 2.22. The van der Waals surface area contributed by atoms with Crippen LogP contribution in [0.2, 0.25) is 5.02 Å². The smallest absolute Gasteiger partial charge is 0.352 e. The van der Waals surface area contributed by atoms with Crippen molar-refractivity contribution < 1.29 is 9.90 Å². The average Bonchev–Trinajstić information content (AvgIpc) is 2.61. The van der Waals surface area contributed by atoms with E-state index in [-0.39, 0.29) is 11.7 Å². The molecular weight excluding hydrogens is 246 g/mol. The van der Waals surface area contributed by atoms with E-state index in [1.165, 1.54) is 6.07 Å². The third kappa shape index (κ3) is 3.46. The molecule has 1 aromatic heterocycles. The molecule has 0 saturated carbocycles. The van der Waals surface area contributed by atoms with Crippen molar-refractivity contribution in [2.24, 2.45) is 0 Å². The van der Waals surface area contributed by atoms with Crippen LogP contribution in [0, 0.1) is 0 Å². The lowest BCUT2D eigenvalue weighted by molar-refractivity contribution is 0.0683. The molecule has 0 aliphatic carbocycles. The molecule has 16 heavy (non-hydrogen) atoms. The largest absolute Gasteiger partial charge is 0.477 e. The van der Waals surface area contributed by atoms with Crippen LogP contribution in [0.5, 0.6) is 0 Å². The lowest BCUT2D eigenvalue weighted by Crippen LogP contribution is -2.12.